The van der Waals surface area contributed by atoms with Gasteiger partial charge in [-0.25, -0.2) is 9.69 Å². The van der Waals surface area contributed by atoms with Gasteiger partial charge in [-0.15, -0.1) is 0 Å². The number of hydrogen-bond donors (Lipinski definition) is 1. The maximum absolute atomic E-state index is 12.9. The number of hydrogen-bond acceptors (Lipinski definition) is 7. The molecule has 176 valence electrons. The van der Waals surface area contributed by atoms with Gasteiger partial charge in [0, 0.05) is 16.8 Å². The molecule has 0 radical (unpaired) electrons. The lowest BCUT2D eigenvalue weighted by molar-refractivity contribution is -0.385. The number of nitrogens with one attached hydrogen (secondary N) is 1. The number of benzene rings is 3. The molecular weight excluding hydrogens is 497 g/mol. The first-order valence-corrected chi connectivity index (χ1v) is 10.8. The second kappa shape index (κ2) is 9.57. The molecule has 1 aliphatic rings. The topological polar surface area (TPSA) is 119 Å². The lowest BCUT2D eigenvalue weighted by atomic mass is 10.2. The van der Waals surface area contributed by atoms with E-state index in [4.69, 9.17) is 27.9 Å². The van der Waals surface area contributed by atoms with Crippen molar-refractivity contribution in [1.82, 2.24) is 0 Å². The number of nitrogens with zero attached hydrogens (tertiary/aromatic N) is 2. The Balaban J connectivity index is 1.50. The Labute approximate surface area is 208 Å². The number of aryl methyl sites for hydroxylation is 1. The average Bonchev–Trinajstić information content (AvgIpc) is 3.04. The summed E-state index contributed by atoms with van der Waals surface area (Å²) in [6, 6.07) is 16.0. The first-order chi connectivity index (χ1) is 16.7. The zero-order valence-corrected chi connectivity index (χ0v) is 19.5. The third-order valence-corrected chi connectivity index (χ3v) is 5.85. The van der Waals surface area contributed by atoms with Crippen molar-refractivity contribution in [3.8, 4) is 5.75 Å². The van der Waals surface area contributed by atoms with Crippen LogP contribution >= 0.6 is 23.2 Å². The number of rotatable bonds is 6. The minimum absolute atomic E-state index is 0.110. The molecule has 0 saturated carbocycles. The molecule has 4 rings (SSSR count). The number of imide groups is 1. The summed E-state index contributed by atoms with van der Waals surface area (Å²) in [6.45, 7) is 1.79. The number of carbonyl (C=O) groups is 3. The van der Waals surface area contributed by atoms with Crippen LogP contribution in [0.3, 0.4) is 0 Å². The Bertz CT molecular complexity index is 1420. The van der Waals surface area contributed by atoms with Gasteiger partial charge in [0.15, 0.2) is 0 Å². The third-order valence-electron chi connectivity index (χ3n) is 5.10. The Hall–Kier alpha value is -4.21. The lowest BCUT2D eigenvalue weighted by Crippen LogP contribution is -2.32. The lowest BCUT2D eigenvalue weighted by Gasteiger charge is -2.16. The molecule has 1 aliphatic heterocycles. The Morgan fingerprint density at radius 2 is 1.69 bits per heavy atom. The zero-order chi connectivity index (χ0) is 25.3. The summed E-state index contributed by atoms with van der Waals surface area (Å²) in [4.78, 5) is 49.3. The average molecular weight is 512 g/mol. The number of anilines is 2. The van der Waals surface area contributed by atoms with Crippen molar-refractivity contribution < 1.29 is 24.0 Å². The van der Waals surface area contributed by atoms with Gasteiger partial charge in [0.1, 0.15) is 10.7 Å². The fourth-order valence-electron chi connectivity index (χ4n) is 3.25. The zero-order valence-electron chi connectivity index (χ0n) is 18.0. The molecule has 9 nitrogen and oxygen atoms in total. The smallest absolute Gasteiger partial charge is 0.343 e. The number of halogens is 2. The molecule has 0 unspecified atom stereocenters. The maximum Gasteiger partial charge on any atom is 0.343 e. The maximum atomic E-state index is 12.9. The number of carbonyl (C=O) groups excluding carboxylic acids is 3. The monoisotopic (exact) mass is 511 g/mol. The molecule has 3 aromatic carbocycles. The summed E-state index contributed by atoms with van der Waals surface area (Å²) in [5, 5.41) is 14.0. The number of para-hydroxylation sites is 2. The van der Waals surface area contributed by atoms with E-state index in [1.807, 2.05) is 0 Å². The minimum Gasteiger partial charge on any atom is -0.416 e. The molecule has 0 bridgehead atoms. The van der Waals surface area contributed by atoms with Gasteiger partial charge in [-0.3, -0.25) is 19.7 Å². The summed E-state index contributed by atoms with van der Waals surface area (Å²) in [6.07, 6.45) is 0. The van der Waals surface area contributed by atoms with Gasteiger partial charge in [0.2, 0.25) is 5.75 Å². The van der Waals surface area contributed by atoms with Crippen LogP contribution < -0.4 is 15.0 Å². The highest BCUT2D eigenvalue weighted by atomic mass is 35.5. The van der Waals surface area contributed by atoms with E-state index in [1.165, 1.54) is 54.6 Å². The fourth-order valence-corrected chi connectivity index (χ4v) is 3.64. The summed E-state index contributed by atoms with van der Waals surface area (Å²) in [7, 11) is 0. The number of esters is 1. The van der Waals surface area contributed by atoms with Crippen LogP contribution in [0, 0.1) is 17.0 Å². The molecule has 0 spiro atoms. The van der Waals surface area contributed by atoms with Crippen molar-refractivity contribution in [2.75, 3.05) is 10.2 Å². The Morgan fingerprint density at radius 3 is 2.34 bits per heavy atom. The highest BCUT2D eigenvalue weighted by Crippen LogP contribution is 2.32. The van der Waals surface area contributed by atoms with Crippen LogP contribution in [-0.4, -0.2) is 22.7 Å². The van der Waals surface area contributed by atoms with Gasteiger partial charge in [-0.05, 0) is 55.0 Å². The Morgan fingerprint density at radius 1 is 1.00 bits per heavy atom. The van der Waals surface area contributed by atoms with Crippen molar-refractivity contribution in [2.45, 2.75) is 6.92 Å². The minimum atomic E-state index is -0.808. The van der Waals surface area contributed by atoms with Crippen LogP contribution in [0.5, 0.6) is 5.75 Å². The van der Waals surface area contributed by atoms with Crippen LogP contribution in [0.4, 0.5) is 17.1 Å². The van der Waals surface area contributed by atoms with E-state index in [-0.39, 0.29) is 33.4 Å². The van der Waals surface area contributed by atoms with Gasteiger partial charge >= 0.3 is 11.7 Å². The van der Waals surface area contributed by atoms with Crippen molar-refractivity contribution in [1.29, 1.82) is 0 Å². The second-order valence-corrected chi connectivity index (χ2v) is 8.17. The van der Waals surface area contributed by atoms with E-state index in [2.05, 4.69) is 5.32 Å². The largest absolute Gasteiger partial charge is 0.416 e. The quantitative estimate of drug-likeness (QED) is 0.158. The first-order valence-electron chi connectivity index (χ1n) is 10.0. The van der Waals surface area contributed by atoms with Gasteiger partial charge < -0.3 is 10.1 Å². The van der Waals surface area contributed by atoms with Crippen LogP contribution in [0.25, 0.3) is 0 Å². The standard InChI is InChI=1S/C24H15Cl2N3O6/c1-13-6-11-16(12-17(13)25)28-22(30)20(26)21(23(28)31)27-15-9-7-14(8-10-15)24(32)35-19-5-3-2-4-18(19)29(33)34/h2-12,27H,1H3. The number of nitro benzene ring substituents is 1. The van der Waals surface area contributed by atoms with Gasteiger partial charge in [0.05, 0.1) is 16.2 Å². The van der Waals surface area contributed by atoms with E-state index < -0.39 is 22.7 Å². The highest BCUT2D eigenvalue weighted by molar-refractivity contribution is 6.53. The molecule has 1 N–H and O–H groups in total. The van der Waals surface area contributed by atoms with E-state index in [0.29, 0.717) is 10.7 Å². The summed E-state index contributed by atoms with van der Waals surface area (Å²) in [5.41, 5.74) is 1.06. The summed E-state index contributed by atoms with van der Waals surface area (Å²) in [5.74, 6) is -2.37. The van der Waals surface area contributed by atoms with Crippen molar-refractivity contribution in [3.05, 3.63) is 104 Å². The molecule has 35 heavy (non-hydrogen) atoms. The molecule has 0 aliphatic carbocycles. The molecule has 11 heteroatoms. The van der Waals surface area contributed by atoms with E-state index in [9.17, 15) is 24.5 Å². The van der Waals surface area contributed by atoms with Crippen LogP contribution in [0.1, 0.15) is 15.9 Å². The van der Waals surface area contributed by atoms with Gasteiger partial charge in [-0.1, -0.05) is 41.4 Å². The van der Waals surface area contributed by atoms with E-state index in [0.717, 1.165) is 10.5 Å². The van der Waals surface area contributed by atoms with E-state index >= 15 is 0 Å². The van der Waals surface area contributed by atoms with Crippen molar-refractivity contribution in [2.24, 2.45) is 0 Å². The first kappa shape index (κ1) is 23.9. The number of ether oxygens (including phenoxy) is 1. The van der Waals surface area contributed by atoms with Crippen LogP contribution in [0.2, 0.25) is 5.02 Å². The molecule has 0 aromatic heterocycles. The summed E-state index contributed by atoms with van der Waals surface area (Å²) < 4.78 is 5.15. The molecule has 0 atom stereocenters. The molecule has 0 fully saturated rings. The number of nitro groups is 1. The van der Waals surface area contributed by atoms with Gasteiger partial charge in [-0.2, -0.15) is 0 Å². The van der Waals surface area contributed by atoms with Gasteiger partial charge in [0.25, 0.3) is 11.8 Å². The van der Waals surface area contributed by atoms with Crippen LogP contribution in [-0.2, 0) is 9.59 Å². The van der Waals surface area contributed by atoms with Crippen molar-refractivity contribution in [3.63, 3.8) is 0 Å². The van der Waals surface area contributed by atoms with Crippen LogP contribution in [0.15, 0.2) is 77.5 Å². The van der Waals surface area contributed by atoms with Crippen molar-refractivity contribution >= 4 is 58.0 Å². The second-order valence-electron chi connectivity index (χ2n) is 7.38. The molecule has 0 saturated heterocycles. The molecule has 2 amide bonds. The number of amides is 2. The van der Waals surface area contributed by atoms with E-state index in [1.54, 1.807) is 19.1 Å². The SMILES string of the molecule is Cc1ccc(N2C(=O)C(Cl)=C(Nc3ccc(C(=O)Oc4ccccc4[N+](=O)[O-])cc3)C2=O)cc1Cl. The third kappa shape index (κ3) is 4.72. The predicted molar refractivity (Wildman–Crippen MR) is 130 cm³/mol. The fraction of sp³-hybridized carbons (Fsp3) is 0.0417. The molecule has 3 aromatic rings. The molecular formula is C24H15Cl2N3O6. The normalized spacial score (nSPS) is 13.3. The Kier molecular flexibility index (Phi) is 6.54. The highest BCUT2D eigenvalue weighted by Gasteiger charge is 2.39. The predicted octanol–water partition coefficient (Wildman–Crippen LogP) is 5.21. The molecule has 1 heterocycles. The summed E-state index contributed by atoms with van der Waals surface area (Å²) >= 11 is 12.3.